The number of hydrogen-bond donors (Lipinski definition) is 2. The van der Waals surface area contributed by atoms with Crippen molar-refractivity contribution in [2.45, 2.75) is 33.6 Å². The maximum Gasteiger partial charge on any atom is 0.573 e. The van der Waals surface area contributed by atoms with Crippen LogP contribution in [0.5, 0.6) is 5.75 Å². The molecule has 29 heavy (non-hydrogen) atoms. The van der Waals surface area contributed by atoms with Crippen molar-refractivity contribution in [2.24, 2.45) is 11.8 Å². The fraction of sp³-hybridized carbons (Fsp3) is 0.333. The minimum Gasteiger partial charge on any atom is -0.481 e. The SMILES string of the molecule is Cc1cc(C)cc(C[C@@H](C(=O)O)[C@H](C)C(=O)Nc2ccc(OC(F)(F)F)cc2)c1. The number of anilines is 1. The molecule has 0 aliphatic rings. The maximum absolute atomic E-state index is 12.5. The number of rotatable bonds is 7. The van der Waals surface area contributed by atoms with Crippen LogP contribution in [0.3, 0.4) is 0 Å². The van der Waals surface area contributed by atoms with Crippen molar-refractivity contribution in [1.82, 2.24) is 0 Å². The number of halogens is 3. The monoisotopic (exact) mass is 409 g/mol. The minimum absolute atomic E-state index is 0.185. The van der Waals surface area contributed by atoms with Crippen LogP contribution in [0.4, 0.5) is 18.9 Å². The Bertz CT molecular complexity index is 858. The highest BCUT2D eigenvalue weighted by Gasteiger charge is 2.32. The standard InChI is InChI=1S/C21H22F3NO4/c1-12-8-13(2)10-15(9-12)11-18(20(27)28)14(3)19(26)25-16-4-6-17(7-5-16)29-21(22,23)24/h4-10,14,18H,11H2,1-3H3,(H,25,26)(H,27,28)/t14-,18+/m0/s1. The number of nitrogens with one attached hydrogen (secondary N) is 1. The molecule has 8 heteroatoms. The van der Waals surface area contributed by atoms with Crippen LogP contribution in [0.2, 0.25) is 0 Å². The molecule has 156 valence electrons. The van der Waals surface area contributed by atoms with Crippen molar-refractivity contribution in [3.05, 3.63) is 59.2 Å². The summed E-state index contributed by atoms with van der Waals surface area (Å²) < 4.78 is 40.4. The molecule has 0 saturated carbocycles. The normalized spacial score (nSPS) is 13.4. The van der Waals surface area contributed by atoms with E-state index >= 15 is 0 Å². The predicted octanol–water partition coefficient (Wildman–Crippen LogP) is 4.72. The van der Waals surface area contributed by atoms with E-state index in [4.69, 9.17) is 0 Å². The summed E-state index contributed by atoms with van der Waals surface area (Å²) in [7, 11) is 0. The molecule has 0 aliphatic heterocycles. The highest BCUT2D eigenvalue weighted by Crippen LogP contribution is 2.25. The zero-order chi connectivity index (χ0) is 21.8. The van der Waals surface area contributed by atoms with Gasteiger partial charge in [-0.05, 0) is 50.1 Å². The summed E-state index contributed by atoms with van der Waals surface area (Å²) in [6.45, 7) is 5.33. The van der Waals surface area contributed by atoms with Gasteiger partial charge in [-0.2, -0.15) is 0 Å². The molecule has 0 spiro atoms. The molecule has 2 rings (SSSR count). The molecule has 2 N–H and O–H groups in total. The van der Waals surface area contributed by atoms with Gasteiger partial charge in [0.1, 0.15) is 5.75 Å². The molecule has 0 aromatic heterocycles. The number of carboxylic acids is 1. The van der Waals surface area contributed by atoms with Crippen LogP contribution in [0.1, 0.15) is 23.6 Å². The first-order valence-corrected chi connectivity index (χ1v) is 8.91. The molecule has 0 unspecified atom stereocenters. The molecule has 2 aromatic rings. The van der Waals surface area contributed by atoms with Crippen molar-refractivity contribution in [2.75, 3.05) is 5.32 Å². The van der Waals surface area contributed by atoms with Gasteiger partial charge >= 0.3 is 12.3 Å². The second kappa shape index (κ2) is 8.98. The second-order valence-corrected chi connectivity index (χ2v) is 6.99. The van der Waals surface area contributed by atoms with Gasteiger partial charge < -0.3 is 15.2 Å². The highest BCUT2D eigenvalue weighted by atomic mass is 19.4. The first-order chi connectivity index (χ1) is 13.4. The molecular weight excluding hydrogens is 387 g/mol. The van der Waals surface area contributed by atoms with E-state index in [1.165, 1.54) is 19.1 Å². The van der Waals surface area contributed by atoms with Gasteiger partial charge in [-0.3, -0.25) is 9.59 Å². The van der Waals surface area contributed by atoms with Crippen LogP contribution in [0.15, 0.2) is 42.5 Å². The fourth-order valence-electron chi connectivity index (χ4n) is 3.10. The number of carboxylic acid groups (broad SMARTS) is 1. The van der Waals surface area contributed by atoms with Crippen LogP contribution < -0.4 is 10.1 Å². The van der Waals surface area contributed by atoms with Crippen LogP contribution in [0.25, 0.3) is 0 Å². The van der Waals surface area contributed by atoms with E-state index in [0.29, 0.717) is 0 Å². The lowest BCUT2D eigenvalue weighted by molar-refractivity contribution is -0.274. The van der Waals surface area contributed by atoms with E-state index in [-0.39, 0.29) is 12.1 Å². The smallest absolute Gasteiger partial charge is 0.481 e. The molecule has 0 saturated heterocycles. The molecule has 0 heterocycles. The van der Waals surface area contributed by atoms with Crippen molar-refractivity contribution in [1.29, 1.82) is 0 Å². The first-order valence-electron chi connectivity index (χ1n) is 8.91. The molecule has 0 radical (unpaired) electrons. The Labute approximate surface area is 166 Å². The summed E-state index contributed by atoms with van der Waals surface area (Å²) in [4.78, 5) is 24.3. The summed E-state index contributed by atoms with van der Waals surface area (Å²) in [6, 6.07) is 10.4. The van der Waals surface area contributed by atoms with E-state index < -0.39 is 35.8 Å². The van der Waals surface area contributed by atoms with E-state index in [1.807, 2.05) is 32.0 Å². The Balaban J connectivity index is 2.08. The van der Waals surface area contributed by atoms with Gasteiger partial charge in [-0.15, -0.1) is 13.2 Å². The summed E-state index contributed by atoms with van der Waals surface area (Å²) in [5.74, 6) is -3.86. The Morgan fingerprint density at radius 1 is 1.07 bits per heavy atom. The molecular formula is C21H22F3NO4. The maximum atomic E-state index is 12.5. The number of benzene rings is 2. The summed E-state index contributed by atoms with van der Waals surface area (Å²) in [5.41, 5.74) is 3.07. The quantitative estimate of drug-likeness (QED) is 0.694. The number of carbonyl (C=O) groups is 2. The summed E-state index contributed by atoms with van der Waals surface area (Å²) >= 11 is 0. The Morgan fingerprint density at radius 2 is 1.62 bits per heavy atom. The summed E-state index contributed by atoms with van der Waals surface area (Å²) in [6.07, 6.45) is -4.62. The molecule has 2 atom stereocenters. The zero-order valence-electron chi connectivity index (χ0n) is 16.2. The lowest BCUT2D eigenvalue weighted by atomic mass is 9.86. The fourth-order valence-corrected chi connectivity index (χ4v) is 3.10. The van der Waals surface area contributed by atoms with Gasteiger partial charge in [-0.1, -0.05) is 36.2 Å². The lowest BCUT2D eigenvalue weighted by Crippen LogP contribution is -2.33. The van der Waals surface area contributed by atoms with Crippen LogP contribution in [0, 0.1) is 25.7 Å². The highest BCUT2D eigenvalue weighted by molar-refractivity contribution is 5.95. The van der Waals surface area contributed by atoms with E-state index in [9.17, 15) is 27.9 Å². The average Bonchev–Trinajstić information content (AvgIpc) is 2.58. The second-order valence-electron chi connectivity index (χ2n) is 6.99. The molecule has 5 nitrogen and oxygen atoms in total. The van der Waals surface area contributed by atoms with Crippen molar-refractivity contribution in [3.63, 3.8) is 0 Å². The Hall–Kier alpha value is -3.03. The Morgan fingerprint density at radius 3 is 2.10 bits per heavy atom. The molecule has 2 aromatic carbocycles. The topological polar surface area (TPSA) is 75.6 Å². The average molecular weight is 409 g/mol. The number of alkyl halides is 3. The molecule has 0 bridgehead atoms. The van der Waals surface area contributed by atoms with Crippen LogP contribution in [-0.2, 0) is 16.0 Å². The van der Waals surface area contributed by atoms with E-state index in [1.54, 1.807) is 0 Å². The first kappa shape index (κ1) is 22.3. The number of aliphatic carboxylic acids is 1. The van der Waals surface area contributed by atoms with Gasteiger partial charge in [0, 0.05) is 11.6 Å². The van der Waals surface area contributed by atoms with Crippen LogP contribution in [-0.4, -0.2) is 23.3 Å². The minimum atomic E-state index is -4.80. The lowest BCUT2D eigenvalue weighted by Gasteiger charge is -2.20. The van der Waals surface area contributed by atoms with Gasteiger partial charge in [-0.25, -0.2) is 0 Å². The number of aryl methyl sites for hydroxylation is 2. The van der Waals surface area contributed by atoms with Gasteiger partial charge in [0.05, 0.1) is 5.92 Å². The van der Waals surface area contributed by atoms with Crippen molar-refractivity contribution in [3.8, 4) is 5.75 Å². The van der Waals surface area contributed by atoms with Crippen LogP contribution >= 0.6 is 0 Å². The zero-order valence-corrected chi connectivity index (χ0v) is 16.2. The van der Waals surface area contributed by atoms with Crippen molar-refractivity contribution >= 4 is 17.6 Å². The van der Waals surface area contributed by atoms with Gasteiger partial charge in [0.25, 0.3) is 0 Å². The third-order valence-electron chi connectivity index (χ3n) is 4.43. The third kappa shape index (κ3) is 6.81. The van der Waals surface area contributed by atoms with Gasteiger partial charge in [0.15, 0.2) is 0 Å². The molecule has 1 amide bonds. The number of carbonyl (C=O) groups excluding carboxylic acids is 1. The number of hydrogen-bond acceptors (Lipinski definition) is 3. The predicted molar refractivity (Wildman–Crippen MR) is 102 cm³/mol. The van der Waals surface area contributed by atoms with E-state index in [2.05, 4.69) is 10.1 Å². The largest absolute Gasteiger partial charge is 0.573 e. The molecule has 0 fully saturated rings. The number of amides is 1. The summed E-state index contributed by atoms with van der Waals surface area (Å²) in [5, 5.41) is 12.1. The van der Waals surface area contributed by atoms with E-state index in [0.717, 1.165) is 28.8 Å². The third-order valence-corrected chi connectivity index (χ3v) is 4.43. The number of ether oxygens (including phenoxy) is 1. The van der Waals surface area contributed by atoms with Crippen molar-refractivity contribution < 1.29 is 32.6 Å². The van der Waals surface area contributed by atoms with Gasteiger partial charge in [0.2, 0.25) is 5.91 Å². The Kier molecular flexibility index (Phi) is 6.89. The molecule has 0 aliphatic carbocycles.